The van der Waals surface area contributed by atoms with Gasteiger partial charge >= 0.3 is 0 Å². The van der Waals surface area contributed by atoms with Crippen molar-refractivity contribution in [3.8, 4) is 22.6 Å². The lowest BCUT2D eigenvalue weighted by molar-refractivity contribution is 0.0729. The minimum atomic E-state index is -0.268. The largest absolute Gasteiger partial charge is 0.497 e. The summed E-state index contributed by atoms with van der Waals surface area (Å²) in [6.45, 7) is 2.59. The molecule has 31 heavy (non-hydrogen) atoms. The third-order valence-corrected chi connectivity index (χ3v) is 5.64. The second-order valence-electron chi connectivity index (χ2n) is 7.65. The quantitative estimate of drug-likeness (QED) is 0.570. The average molecular weight is 420 g/mol. The van der Waals surface area contributed by atoms with Crippen LogP contribution in [0.3, 0.4) is 0 Å². The molecule has 1 fully saturated rings. The van der Waals surface area contributed by atoms with E-state index in [1.165, 1.54) is 12.1 Å². The highest BCUT2D eigenvalue weighted by molar-refractivity contribution is 5.97. The van der Waals surface area contributed by atoms with Crippen LogP contribution in [0.25, 0.3) is 11.1 Å². The predicted molar refractivity (Wildman–Crippen MR) is 117 cm³/mol. The van der Waals surface area contributed by atoms with Gasteiger partial charge in [0.2, 0.25) is 0 Å². The van der Waals surface area contributed by atoms with Crippen LogP contribution >= 0.6 is 0 Å². The third kappa shape index (κ3) is 4.24. The maximum Gasteiger partial charge on any atom is 0.258 e. The summed E-state index contributed by atoms with van der Waals surface area (Å²) in [6, 6.07) is 15.5. The van der Waals surface area contributed by atoms with Crippen LogP contribution < -0.4 is 9.47 Å². The van der Waals surface area contributed by atoms with Crippen LogP contribution in [-0.2, 0) is 0 Å². The number of aryl methyl sites for hydroxylation is 1. The summed E-state index contributed by atoms with van der Waals surface area (Å²) < 4.78 is 24.0. The molecule has 1 saturated heterocycles. The molecule has 1 amide bonds. The topological polar surface area (TPSA) is 51.7 Å². The molecule has 1 aliphatic heterocycles. The number of halogens is 1. The van der Waals surface area contributed by atoms with Crippen molar-refractivity contribution in [2.24, 2.45) is 0 Å². The van der Waals surface area contributed by atoms with E-state index in [1.54, 1.807) is 44.6 Å². The van der Waals surface area contributed by atoms with Gasteiger partial charge in [-0.1, -0.05) is 12.1 Å². The van der Waals surface area contributed by atoms with E-state index in [-0.39, 0.29) is 17.8 Å². The van der Waals surface area contributed by atoms with Gasteiger partial charge in [-0.2, -0.15) is 0 Å². The maximum absolute atomic E-state index is 13.4. The zero-order valence-corrected chi connectivity index (χ0v) is 17.9. The first-order valence-corrected chi connectivity index (χ1v) is 10.3. The lowest BCUT2D eigenvalue weighted by Crippen LogP contribution is -2.31. The van der Waals surface area contributed by atoms with Gasteiger partial charge in [-0.15, -0.1) is 0 Å². The molecule has 0 spiro atoms. The van der Waals surface area contributed by atoms with E-state index in [0.717, 1.165) is 35.4 Å². The number of nitrogens with zero attached hydrogens (tertiary/aromatic N) is 2. The molecule has 3 aromatic rings. The Kier molecular flexibility index (Phi) is 5.89. The van der Waals surface area contributed by atoms with Crippen molar-refractivity contribution in [2.45, 2.75) is 25.8 Å². The molecular formula is C25H25FN2O3. The van der Waals surface area contributed by atoms with Crippen LogP contribution in [0.5, 0.6) is 11.5 Å². The van der Waals surface area contributed by atoms with E-state index in [2.05, 4.69) is 0 Å². The summed E-state index contributed by atoms with van der Waals surface area (Å²) in [4.78, 5) is 20.0. The Hall–Kier alpha value is -3.41. The molecule has 160 valence electrons. The molecule has 2 heterocycles. The zero-order chi connectivity index (χ0) is 22.0. The number of rotatable bonds is 5. The molecule has 0 bridgehead atoms. The van der Waals surface area contributed by atoms with Gasteiger partial charge in [0, 0.05) is 18.3 Å². The van der Waals surface area contributed by atoms with E-state index in [9.17, 15) is 9.18 Å². The van der Waals surface area contributed by atoms with Crippen molar-refractivity contribution in [3.05, 3.63) is 77.4 Å². The molecule has 0 aliphatic carbocycles. The van der Waals surface area contributed by atoms with Crippen LogP contribution in [0.2, 0.25) is 0 Å². The Bertz CT molecular complexity index is 1100. The van der Waals surface area contributed by atoms with Crippen LogP contribution in [0.4, 0.5) is 4.39 Å². The Morgan fingerprint density at radius 1 is 1.03 bits per heavy atom. The minimum Gasteiger partial charge on any atom is -0.497 e. The number of ether oxygens (including phenoxy) is 2. The maximum atomic E-state index is 13.4. The zero-order valence-electron chi connectivity index (χ0n) is 17.9. The fraction of sp³-hybridized carbons (Fsp3) is 0.280. The second kappa shape index (κ2) is 8.76. The van der Waals surface area contributed by atoms with E-state index in [4.69, 9.17) is 14.5 Å². The van der Waals surface area contributed by atoms with Crippen LogP contribution in [0.1, 0.15) is 40.6 Å². The van der Waals surface area contributed by atoms with E-state index in [0.29, 0.717) is 23.6 Å². The third-order valence-electron chi connectivity index (χ3n) is 5.64. The van der Waals surface area contributed by atoms with Gasteiger partial charge in [0.1, 0.15) is 17.3 Å². The first kappa shape index (κ1) is 20.8. The van der Waals surface area contributed by atoms with E-state index < -0.39 is 0 Å². The highest BCUT2D eigenvalue weighted by Gasteiger charge is 2.33. The van der Waals surface area contributed by atoms with Crippen molar-refractivity contribution in [1.29, 1.82) is 0 Å². The number of methoxy groups -OCH3 is 2. The number of aromatic nitrogens is 1. The fourth-order valence-electron chi connectivity index (χ4n) is 4.12. The number of benzene rings is 2. The van der Waals surface area contributed by atoms with E-state index in [1.807, 2.05) is 24.0 Å². The molecule has 6 heteroatoms. The Morgan fingerprint density at radius 2 is 1.81 bits per heavy atom. The first-order chi connectivity index (χ1) is 15.0. The molecule has 0 N–H and O–H groups in total. The van der Waals surface area contributed by atoms with Crippen LogP contribution in [-0.4, -0.2) is 36.6 Å². The first-order valence-electron chi connectivity index (χ1n) is 10.3. The van der Waals surface area contributed by atoms with Crippen molar-refractivity contribution in [3.63, 3.8) is 0 Å². The standard InChI is InChI=1S/C25H25FN2O3/c1-16-13-18(17-6-8-19(26)9-7-17)14-22(27-16)23-5-4-12-28(23)25(29)21-11-10-20(30-2)15-24(21)31-3/h6-11,13-15,23H,4-5,12H2,1-3H3. The molecule has 4 rings (SSSR count). The molecule has 2 aromatic carbocycles. The Balaban J connectivity index is 1.67. The van der Waals surface area contributed by atoms with Gasteiger partial charge in [0.25, 0.3) is 5.91 Å². The van der Waals surface area contributed by atoms with Gasteiger partial charge < -0.3 is 14.4 Å². The van der Waals surface area contributed by atoms with Gasteiger partial charge in [0.05, 0.1) is 31.5 Å². The van der Waals surface area contributed by atoms with E-state index >= 15 is 0 Å². The molecule has 1 unspecified atom stereocenters. The van der Waals surface area contributed by atoms with Crippen molar-refractivity contribution in [1.82, 2.24) is 9.88 Å². The second-order valence-corrected chi connectivity index (χ2v) is 7.65. The van der Waals surface area contributed by atoms with Crippen molar-refractivity contribution in [2.75, 3.05) is 20.8 Å². The summed E-state index contributed by atoms with van der Waals surface area (Å²) in [6.07, 6.45) is 1.74. The predicted octanol–water partition coefficient (Wildman–Crippen LogP) is 5.19. The number of hydrogen-bond acceptors (Lipinski definition) is 4. The molecule has 1 atom stereocenters. The SMILES string of the molecule is COc1ccc(C(=O)N2CCCC2c2cc(-c3ccc(F)cc3)cc(C)n2)c(OC)c1. The summed E-state index contributed by atoms with van der Waals surface area (Å²) in [5, 5.41) is 0. The summed E-state index contributed by atoms with van der Waals surface area (Å²) >= 11 is 0. The summed E-state index contributed by atoms with van der Waals surface area (Å²) in [5.41, 5.74) is 4.09. The lowest BCUT2D eigenvalue weighted by atomic mass is 10.0. The summed E-state index contributed by atoms with van der Waals surface area (Å²) in [7, 11) is 3.12. The molecule has 5 nitrogen and oxygen atoms in total. The molecular weight excluding hydrogens is 395 g/mol. The number of likely N-dealkylation sites (tertiary alicyclic amines) is 1. The van der Waals surface area contributed by atoms with Crippen LogP contribution in [0, 0.1) is 12.7 Å². The molecule has 1 aliphatic rings. The van der Waals surface area contributed by atoms with Crippen LogP contribution in [0.15, 0.2) is 54.6 Å². The number of pyridine rings is 1. The number of carbonyl (C=O) groups is 1. The molecule has 0 saturated carbocycles. The number of hydrogen-bond donors (Lipinski definition) is 0. The monoisotopic (exact) mass is 420 g/mol. The van der Waals surface area contributed by atoms with Crippen molar-refractivity contribution >= 4 is 5.91 Å². The Labute approximate surface area is 181 Å². The van der Waals surface area contributed by atoms with Gasteiger partial charge in [-0.3, -0.25) is 9.78 Å². The average Bonchev–Trinajstić information content (AvgIpc) is 3.28. The fourth-order valence-corrected chi connectivity index (χ4v) is 4.12. The highest BCUT2D eigenvalue weighted by atomic mass is 19.1. The minimum absolute atomic E-state index is 0.0892. The van der Waals surface area contributed by atoms with Gasteiger partial charge in [0.15, 0.2) is 0 Å². The highest BCUT2D eigenvalue weighted by Crippen LogP contribution is 2.36. The lowest BCUT2D eigenvalue weighted by Gasteiger charge is -2.26. The number of carbonyl (C=O) groups excluding carboxylic acids is 1. The normalized spacial score (nSPS) is 15.7. The van der Waals surface area contributed by atoms with Gasteiger partial charge in [-0.25, -0.2) is 4.39 Å². The van der Waals surface area contributed by atoms with Gasteiger partial charge in [-0.05, 0) is 67.3 Å². The number of amides is 1. The summed E-state index contributed by atoms with van der Waals surface area (Å²) in [5.74, 6) is 0.763. The van der Waals surface area contributed by atoms with Crippen molar-refractivity contribution < 1.29 is 18.7 Å². The molecule has 1 aromatic heterocycles. The Morgan fingerprint density at radius 3 is 2.52 bits per heavy atom. The molecule has 0 radical (unpaired) electrons. The smallest absolute Gasteiger partial charge is 0.258 e.